The predicted molar refractivity (Wildman–Crippen MR) is 106 cm³/mol. The Bertz CT molecular complexity index is 966. The predicted octanol–water partition coefficient (Wildman–Crippen LogP) is 3.01. The second-order valence-electron chi connectivity index (χ2n) is 6.54. The summed E-state index contributed by atoms with van der Waals surface area (Å²) in [6.07, 6.45) is 7.71. The zero-order valence-corrected chi connectivity index (χ0v) is 16.3. The Kier molecular flexibility index (Phi) is 5.21. The lowest BCUT2D eigenvalue weighted by atomic mass is 10.1. The highest BCUT2D eigenvalue weighted by Crippen LogP contribution is 2.42. The van der Waals surface area contributed by atoms with E-state index in [0.29, 0.717) is 23.8 Å². The molecule has 0 saturated carbocycles. The Balaban J connectivity index is 1.82. The molecule has 1 saturated heterocycles. The number of rotatable bonds is 7. The van der Waals surface area contributed by atoms with E-state index < -0.39 is 0 Å². The van der Waals surface area contributed by atoms with Crippen molar-refractivity contribution in [1.82, 2.24) is 14.4 Å². The molecule has 1 N–H and O–H groups in total. The molecular weight excluding hydrogens is 360 g/mol. The van der Waals surface area contributed by atoms with Crippen LogP contribution < -0.4 is 19.5 Å². The van der Waals surface area contributed by atoms with Crippen molar-refractivity contribution in [3.8, 4) is 28.5 Å². The van der Waals surface area contributed by atoms with E-state index in [0.717, 1.165) is 42.2 Å². The van der Waals surface area contributed by atoms with Crippen molar-refractivity contribution in [2.45, 2.75) is 18.9 Å². The first-order valence-electron chi connectivity index (χ1n) is 9.23. The number of anilines is 1. The largest absolute Gasteiger partial charge is 0.496 e. The summed E-state index contributed by atoms with van der Waals surface area (Å²) < 4.78 is 24.2. The van der Waals surface area contributed by atoms with Crippen LogP contribution in [0.2, 0.25) is 0 Å². The normalized spacial score (nSPS) is 16.3. The average Bonchev–Trinajstić information content (AvgIpc) is 3.38. The van der Waals surface area contributed by atoms with Gasteiger partial charge in [-0.2, -0.15) is 0 Å². The molecule has 3 heterocycles. The number of methoxy groups -OCH3 is 3. The van der Waals surface area contributed by atoms with Crippen LogP contribution in [0.4, 0.5) is 5.82 Å². The van der Waals surface area contributed by atoms with Gasteiger partial charge in [0.05, 0.1) is 33.6 Å². The van der Waals surface area contributed by atoms with Gasteiger partial charge >= 0.3 is 0 Å². The van der Waals surface area contributed by atoms with E-state index in [1.54, 1.807) is 39.8 Å². The van der Waals surface area contributed by atoms with Gasteiger partial charge in [-0.1, -0.05) is 0 Å². The average molecular weight is 384 g/mol. The Morgan fingerprint density at radius 2 is 1.93 bits per heavy atom. The molecule has 8 heteroatoms. The van der Waals surface area contributed by atoms with Crippen molar-refractivity contribution in [2.24, 2.45) is 0 Å². The topological polar surface area (TPSA) is 79.1 Å². The molecule has 0 radical (unpaired) electrons. The Morgan fingerprint density at radius 1 is 1.14 bits per heavy atom. The van der Waals surface area contributed by atoms with Gasteiger partial charge in [0.15, 0.2) is 17.1 Å². The van der Waals surface area contributed by atoms with Crippen LogP contribution in [0, 0.1) is 0 Å². The summed E-state index contributed by atoms with van der Waals surface area (Å²) in [4.78, 5) is 8.98. The lowest BCUT2D eigenvalue weighted by molar-refractivity contribution is 0.120. The van der Waals surface area contributed by atoms with E-state index in [1.807, 2.05) is 16.7 Å². The lowest BCUT2D eigenvalue weighted by Crippen LogP contribution is -2.19. The highest BCUT2D eigenvalue weighted by molar-refractivity contribution is 5.82. The Hall–Kier alpha value is -3.00. The number of aromatic nitrogens is 3. The number of hydrogen-bond acceptors (Lipinski definition) is 7. The summed E-state index contributed by atoms with van der Waals surface area (Å²) in [5.41, 5.74) is 2.30. The molecular formula is C20H24N4O4. The van der Waals surface area contributed by atoms with Crippen molar-refractivity contribution < 1.29 is 18.9 Å². The number of imidazole rings is 1. The van der Waals surface area contributed by atoms with Crippen LogP contribution in [0.1, 0.15) is 12.8 Å². The molecule has 4 rings (SSSR count). The van der Waals surface area contributed by atoms with Crippen LogP contribution >= 0.6 is 0 Å². The first-order chi connectivity index (χ1) is 13.7. The minimum atomic E-state index is 0.201. The second kappa shape index (κ2) is 7.93. The van der Waals surface area contributed by atoms with Gasteiger partial charge in [0.2, 0.25) is 0 Å². The van der Waals surface area contributed by atoms with Crippen molar-refractivity contribution in [3.05, 3.63) is 30.7 Å². The van der Waals surface area contributed by atoms with E-state index in [2.05, 4.69) is 10.3 Å². The van der Waals surface area contributed by atoms with Gasteiger partial charge < -0.3 is 24.3 Å². The van der Waals surface area contributed by atoms with Crippen LogP contribution in [-0.2, 0) is 4.74 Å². The third kappa shape index (κ3) is 3.31. The molecule has 1 atom stereocenters. The minimum absolute atomic E-state index is 0.201. The van der Waals surface area contributed by atoms with Gasteiger partial charge in [-0.3, -0.25) is 9.38 Å². The van der Waals surface area contributed by atoms with Crippen LogP contribution in [0.25, 0.3) is 16.9 Å². The van der Waals surface area contributed by atoms with Crippen molar-refractivity contribution >= 4 is 11.5 Å². The molecule has 0 unspecified atom stereocenters. The third-order valence-corrected chi connectivity index (χ3v) is 4.91. The summed E-state index contributed by atoms with van der Waals surface area (Å²) in [7, 11) is 4.84. The summed E-state index contributed by atoms with van der Waals surface area (Å²) in [5, 5.41) is 3.51. The molecule has 3 aromatic rings. The first kappa shape index (κ1) is 18.4. The number of hydrogen-bond donors (Lipinski definition) is 1. The molecule has 148 valence electrons. The lowest BCUT2D eigenvalue weighted by Gasteiger charge is -2.16. The van der Waals surface area contributed by atoms with Crippen LogP contribution in [0.15, 0.2) is 30.7 Å². The Labute approximate surface area is 163 Å². The third-order valence-electron chi connectivity index (χ3n) is 4.91. The number of benzene rings is 1. The van der Waals surface area contributed by atoms with E-state index >= 15 is 0 Å². The van der Waals surface area contributed by atoms with Crippen LogP contribution in [0.3, 0.4) is 0 Å². The summed E-state index contributed by atoms with van der Waals surface area (Å²) in [6, 6.07) is 3.68. The molecule has 1 fully saturated rings. The number of nitrogens with one attached hydrogen (secondary N) is 1. The highest BCUT2D eigenvalue weighted by atomic mass is 16.5. The maximum atomic E-state index is 5.75. The van der Waals surface area contributed by atoms with Gasteiger partial charge in [-0.15, -0.1) is 0 Å². The standard InChI is InChI=1S/C20H24N4O4/c1-25-15-10-17(27-3)16(26-2)9-14(15)19-20(22-11-13-5-4-8-28-13)24-7-6-21-12-18(24)23-19/h6-7,9-10,12-13,22H,4-5,8,11H2,1-3H3/t13-/m0/s1. The van der Waals surface area contributed by atoms with Crippen molar-refractivity contribution in [1.29, 1.82) is 0 Å². The molecule has 0 bridgehead atoms. The van der Waals surface area contributed by atoms with Crippen LogP contribution in [0.5, 0.6) is 17.2 Å². The van der Waals surface area contributed by atoms with Gasteiger partial charge in [-0.25, -0.2) is 4.98 Å². The molecule has 0 spiro atoms. The fourth-order valence-corrected chi connectivity index (χ4v) is 3.49. The molecule has 1 aliphatic heterocycles. The summed E-state index contributed by atoms with van der Waals surface area (Å²) in [6.45, 7) is 1.53. The smallest absolute Gasteiger partial charge is 0.164 e. The zero-order valence-electron chi connectivity index (χ0n) is 16.3. The maximum Gasteiger partial charge on any atom is 0.164 e. The van der Waals surface area contributed by atoms with Gasteiger partial charge in [0.1, 0.15) is 17.3 Å². The fraction of sp³-hybridized carbons (Fsp3) is 0.400. The monoisotopic (exact) mass is 384 g/mol. The first-order valence-corrected chi connectivity index (χ1v) is 9.23. The van der Waals surface area contributed by atoms with Crippen LogP contribution in [-0.4, -0.2) is 55.0 Å². The van der Waals surface area contributed by atoms with E-state index in [-0.39, 0.29) is 6.10 Å². The van der Waals surface area contributed by atoms with Gasteiger partial charge in [0.25, 0.3) is 0 Å². The maximum absolute atomic E-state index is 5.75. The molecule has 0 aliphatic carbocycles. The summed E-state index contributed by atoms with van der Waals surface area (Å²) >= 11 is 0. The second-order valence-corrected chi connectivity index (χ2v) is 6.54. The number of nitrogens with zero attached hydrogens (tertiary/aromatic N) is 3. The van der Waals surface area contributed by atoms with E-state index in [4.69, 9.17) is 23.9 Å². The molecule has 0 amide bonds. The molecule has 8 nitrogen and oxygen atoms in total. The van der Waals surface area contributed by atoms with Crippen molar-refractivity contribution in [3.63, 3.8) is 0 Å². The molecule has 1 aromatic carbocycles. The zero-order chi connectivity index (χ0) is 19.5. The highest BCUT2D eigenvalue weighted by Gasteiger charge is 2.22. The molecule has 28 heavy (non-hydrogen) atoms. The number of fused-ring (bicyclic) bond motifs is 1. The SMILES string of the molecule is COc1cc(OC)c(-c2nc3cnccn3c2NC[C@@H]2CCCO2)cc1OC. The fourth-order valence-electron chi connectivity index (χ4n) is 3.49. The Morgan fingerprint density at radius 3 is 2.64 bits per heavy atom. The van der Waals surface area contributed by atoms with Gasteiger partial charge in [-0.05, 0) is 18.9 Å². The summed E-state index contributed by atoms with van der Waals surface area (Å²) in [5.74, 6) is 2.72. The quantitative estimate of drug-likeness (QED) is 0.671. The van der Waals surface area contributed by atoms with E-state index in [9.17, 15) is 0 Å². The minimum Gasteiger partial charge on any atom is -0.496 e. The molecule has 2 aromatic heterocycles. The van der Waals surface area contributed by atoms with E-state index in [1.165, 1.54) is 0 Å². The van der Waals surface area contributed by atoms with Gasteiger partial charge in [0, 0.05) is 37.2 Å². The molecule has 1 aliphatic rings. The van der Waals surface area contributed by atoms with Crippen molar-refractivity contribution in [2.75, 3.05) is 39.8 Å². The number of ether oxygens (including phenoxy) is 4.